The van der Waals surface area contributed by atoms with Crippen LogP contribution in [-0.4, -0.2) is 29.5 Å². The van der Waals surface area contributed by atoms with Gasteiger partial charge in [-0.05, 0) is 39.9 Å². The first-order chi connectivity index (χ1) is 11.3. The highest BCUT2D eigenvalue weighted by Gasteiger charge is 2.16. The molecule has 3 heterocycles. The number of rotatable bonds is 3. The Morgan fingerprint density at radius 1 is 1.22 bits per heavy atom. The molecule has 2 aliphatic heterocycles. The van der Waals surface area contributed by atoms with Gasteiger partial charge >= 0.3 is 0 Å². The molecule has 1 aliphatic carbocycles. The van der Waals surface area contributed by atoms with E-state index in [1.165, 1.54) is 27.3 Å². The first-order valence-corrected chi connectivity index (χ1v) is 9.63. The van der Waals surface area contributed by atoms with Crippen LogP contribution in [0.25, 0.3) is 17.2 Å². The van der Waals surface area contributed by atoms with Gasteiger partial charge in [0, 0.05) is 30.9 Å². The van der Waals surface area contributed by atoms with Crippen molar-refractivity contribution in [3.63, 3.8) is 0 Å². The molecule has 0 unspecified atom stereocenters. The zero-order valence-electron chi connectivity index (χ0n) is 12.9. The van der Waals surface area contributed by atoms with Gasteiger partial charge in [0.2, 0.25) is 0 Å². The Balaban J connectivity index is 1.39. The third-order valence-electron chi connectivity index (χ3n) is 4.35. The molecule has 3 aliphatic rings. The highest BCUT2D eigenvalue weighted by molar-refractivity contribution is 7.15. The molecule has 1 aromatic heterocycles. The Hall–Kier alpha value is -1.69. The molecule has 3 nitrogen and oxygen atoms in total. The van der Waals surface area contributed by atoms with E-state index in [9.17, 15) is 0 Å². The third kappa shape index (κ3) is 3.17. The van der Waals surface area contributed by atoms with Gasteiger partial charge in [0.05, 0.1) is 5.69 Å². The van der Waals surface area contributed by atoms with Crippen molar-refractivity contribution in [2.24, 2.45) is 0 Å². The van der Waals surface area contributed by atoms with E-state index < -0.39 is 0 Å². The van der Waals surface area contributed by atoms with Crippen molar-refractivity contribution >= 4 is 33.9 Å². The maximum Gasteiger partial charge on any atom is 0.180 e. The summed E-state index contributed by atoms with van der Waals surface area (Å²) in [6.07, 6.45) is 6.62. The normalized spacial score (nSPS) is 16.0. The van der Waals surface area contributed by atoms with Crippen LogP contribution in [0.5, 0.6) is 0 Å². The Kier molecular flexibility index (Phi) is 4.16. The third-order valence-corrected chi connectivity index (χ3v) is 6.02. The van der Waals surface area contributed by atoms with Crippen LogP contribution in [0.15, 0.2) is 35.0 Å². The van der Waals surface area contributed by atoms with Crippen molar-refractivity contribution < 1.29 is 0 Å². The zero-order chi connectivity index (χ0) is 15.6. The molecule has 0 atom stereocenters. The fourth-order valence-corrected chi connectivity index (χ4v) is 4.64. The van der Waals surface area contributed by atoms with E-state index in [1.807, 2.05) is 0 Å². The van der Waals surface area contributed by atoms with Crippen molar-refractivity contribution in [1.29, 1.82) is 0 Å². The second kappa shape index (κ2) is 6.43. The van der Waals surface area contributed by atoms with Gasteiger partial charge in [-0.25, -0.2) is 4.98 Å². The number of fused-ring (bicyclic) bond motifs is 2. The first-order valence-electron chi connectivity index (χ1n) is 7.87. The lowest BCUT2D eigenvalue weighted by Crippen LogP contribution is -2.26. The number of anilines is 1. The van der Waals surface area contributed by atoms with Crippen LogP contribution < -0.4 is 5.73 Å². The van der Waals surface area contributed by atoms with Gasteiger partial charge in [-0.15, -0.1) is 11.3 Å². The van der Waals surface area contributed by atoms with Gasteiger partial charge in [0.1, 0.15) is 0 Å². The van der Waals surface area contributed by atoms with E-state index in [1.54, 1.807) is 22.7 Å². The van der Waals surface area contributed by atoms with Crippen LogP contribution in [0.3, 0.4) is 0 Å². The average Bonchev–Trinajstić information content (AvgIpc) is 3.08. The average molecular weight is 342 g/mol. The molecule has 118 valence electrons. The maximum absolute atomic E-state index is 5.81. The minimum atomic E-state index is 0.715. The molecule has 2 N–H and O–H groups in total. The number of aromatic nitrogens is 1. The van der Waals surface area contributed by atoms with E-state index in [0.717, 1.165) is 32.5 Å². The van der Waals surface area contributed by atoms with Gasteiger partial charge < -0.3 is 5.73 Å². The van der Waals surface area contributed by atoms with Crippen LogP contribution in [0, 0.1) is 0 Å². The van der Waals surface area contributed by atoms with Crippen LogP contribution in [0.1, 0.15) is 16.1 Å². The second-order valence-corrected chi connectivity index (χ2v) is 7.73. The Morgan fingerprint density at radius 2 is 2.13 bits per heavy atom. The lowest BCUT2D eigenvalue weighted by molar-refractivity contribution is 0.318. The molecule has 0 saturated carbocycles. The fraction of sp³-hybridized carbons (Fsp3) is 0.278. The van der Waals surface area contributed by atoms with Crippen LogP contribution in [-0.2, 0) is 12.8 Å². The molecule has 0 spiro atoms. The molecular formula is C18H19N3S2. The number of thiazole rings is 1. The standard InChI is InChI=1S/C18H19N3S2/c19-18-20-16-5-9-21(10-6-17(16)23-18)8-1-2-13-3-4-14-12-22-11-7-15(13)14/h1-4,7,11-12H,5-6,8-10H2,(H2,19,20). The summed E-state index contributed by atoms with van der Waals surface area (Å²) < 4.78 is 0. The Bertz CT molecular complexity index is 777. The first kappa shape index (κ1) is 14.9. The highest BCUT2D eigenvalue weighted by Crippen LogP contribution is 2.30. The van der Waals surface area contributed by atoms with E-state index in [4.69, 9.17) is 5.73 Å². The molecule has 23 heavy (non-hydrogen) atoms. The van der Waals surface area contributed by atoms with Crippen molar-refractivity contribution in [2.75, 3.05) is 25.4 Å². The van der Waals surface area contributed by atoms with Gasteiger partial charge in [0.25, 0.3) is 0 Å². The predicted octanol–water partition coefficient (Wildman–Crippen LogP) is 4.01. The minimum absolute atomic E-state index is 0.715. The van der Waals surface area contributed by atoms with Crippen LogP contribution in [0.2, 0.25) is 0 Å². The second-order valence-electron chi connectivity index (χ2n) is 5.84. The summed E-state index contributed by atoms with van der Waals surface area (Å²) >= 11 is 3.40. The number of nitrogens with zero attached hydrogens (tertiary/aromatic N) is 2. The van der Waals surface area contributed by atoms with Gasteiger partial charge in [-0.2, -0.15) is 11.3 Å². The van der Waals surface area contributed by atoms with Crippen molar-refractivity contribution in [2.45, 2.75) is 12.8 Å². The summed E-state index contributed by atoms with van der Waals surface area (Å²) in [5, 5.41) is 5.07. The molecule has 0 radical (unpaired) electrons. The quantitative estimate of drug-likeness (QED) is 0.783. The summed E-state index contributed by atoms with van der Waals surface area (Å²) in [5.41, 5.74) is 11.0. The van der Waals surface area contributed by atoms with Gasteiger partial charge in [0.15, 0.2) is 5.13 Å². The van der Waals surface area contributed by atoms with E-state index in [-0.39, 0.29) is 0 Å². The smallest absolute Gasteiger partial charge is 0.180 e. The lowest BCUT2D eigenvalue weighted by atomic mass is 10.1. The monoisotopic (exact) mass is 341 g/mol. The summed E-state index contributed by atoms with van der Waals surface area (Å²) in [4.78, 5) is 8.32. The van der Waals surface area contributed by atoms with E-state index >= 15 is 0 Å². The lowest BCUT2D eigenvalue weighted by Gasteiger charge is -2.17. The number of hydrogen-bond donors (Lipinski definition) is 1. The topological polar surface area (TPSA) is 42.1 Å². The van der Waals surface area contributed by atoms with Crippen molar-refractivity contribution in [1.82, 2.24) is 9.88 Å². The molecule has 1 aromatic rings. The molecule has 0 bridgehead atoms. The zero-order valence-corrected chi connectivity index (χ0v) is 14.5. The minimum Gasteiger partial charge on any atom is -0.375 e. The Morgan fingerprint density at radius 3 is 3.09 bits per heavy atom. The number of nitrogen functional groups attached to an aromatic ring is 1. The van der Waals surface area contributed by atoms with Crippen LogP contribution in [0.4, 0.5) is 5.13 Å². The summed E-state index contributed by atoms with van der Waals surface area (Å²) in [6, 6.07) is 6.62. The fourth-order valence-electron chi connectivity index (χ4n) is 3.13. The summed E-state index contributed by atoms with van der Waals surface area (Å²) in [7, 11) is 0. The van der Waals surface area contributed by atoms with Crippen LogP contribution >= 0.6 is 22.7 Å². The molecule has 0 amide bonds. The summed E-state index contributed by atoms with van der Waals surface area (Å²) in [5.74, 6) is 0. The van der Waals surface area contributed by atoms with Crippen molar-refractivity contribution in [3.05, 3.63) is 51.2 Å². The summed E-state index contributed by atoms with van der Waals surface area (Å²) in [6.45, 7) is 3.14. The van der Waals surface area contributed by atoms with E-state index in [0.29, 0.717) is 5.13 Å². The molecule has 4 rings (SSSR count). The SMILES string of the molecule is Nc1nc2c(s1)CCN(CC=Cc1ccc3csccc1-3)CC2. The highest BCUT2D eigenvalue weighted by atomic mass is 32.1. The van der Waals surface area contributed by atoms with Gasteiger partial charge in [-0.1, -0.05) is 24.3 Å². The van der Waals surface area contributed by atoms with E-state index in [2.05, 4.69) is 51.0 Å². The largest absolute Gasteiger partial charge is 0.375 e. The number of nitrogens with two attached hydrogens (primary N) is 1. The molecule has 5 heteroatoms. The molecule has 0 fully saturated rings. The maximum atomic E-state index is 5.81. The Labute approximate surface area is 144 Å². The molecule has 0 saturated heterocycles. The number of hydrogen-bond acceptors (Lipinski definition) is 5. The molecule has 0 aromatic carbocycles. The van der Waals surface area contributed by atoms with Crippen molar-refractivity contribution in [3.8, 4) is 11.1 Å². The molecular weight excluding hydrogens is 322 g/mol. The van der Waals surface area contributed by atoms with Gasteiger partial charge in [-0.3, -0.25) is 4.90 Å². The predicted molar refractivity (Wildman–Crippen MR) is 100 cm³/mol.